The molecule has 0 aromatic rings. The average molecular weight is 224 g/mol. The van der Waals surface area contributed by atoms with E-state index in [4.69, 9.17) is 10.5 Å². The molecule has 2 aliphatic rings. The summed E-state index contributed by atoms with van der Waals surface area (Å²) in [4.78, 5) is 14.3. The van der Waals surface area contributed by atoms with E-state index in [2.05, 4.69) is 13.0 Å². The van der Waals surface area contributed by atoms with E-state index in [1.807, 2.05) is 11.8 Å². The number of hydrogen-bond acceptors (Lipinski definition) is 3. The van der Waals surface area contributed by atoms with Gasteiger partial charge in [0.1, 0.15) is 0 Å². The number of rotatable bonds is 1. The monoisotopic (exact) mass is 224 g/mol. The van der Waals surface area contributed by atoms with Gasteiger partial charge in [0.25, 0.3) is 0 Å². The molecule has 16 heavy (non-hydrogen) atoms. The number of carbonyl (C=O) groups is 1. The summed E-state index contributed by atoms with van der Waals surface area (Å²) in [5.74, 6) is 0.140. The van der Waals surface area contributed by atoms with Crippen molar-refractivity contribution in [3.8, 4) is 0 Å². The smallest absolute Gasteiger partial charge is 0.232 e. The molecule has 1 fully saturated rings. The fourth-order valence-electron chi connectivity index (χ4n) is 2.23. The maximum Gasteiger partial charge on any atom is 0.232 e. The van der Waals surface area contributed by atoms with Crippen LogP contribution in [-0.2, 0) is 9.53 Å². The Labute approximate surface area is 96.4 Å². The van der Waals surface area contributed by atoms with Crippen LogP contribution in [0.25, 0.3) is 0 Å². The summed E-state index contributed by atoms with van der Waals surface area (Å²) in [5.41, 5.74) is 6.79. The molecule has 0 bridgehead atoms. The van der Waals surface area contributed by atoms with Crippen LogP contribution in [0.15, 0.2) is 11.6 Å². The molecule has 4 nitrogen and oxygen atoms in total. The quantitative estimate of drug-likeness (QED) is 0.661. The van der Waals surface area contributed by atoms with Crippen molar-refractivity contribution in [1.82, 2.24) is 4.90 Å². The van der Waals surface area contributed by atoms with Crippen molar-refractivity contribution in [1.29, 1.82) is 0 Å². The van der Waals surface area contributed by atoms with Gasteiger partial charge in [0, 0.05) is 19.1 Å². The largest absolute Gasteiger partial charge is 0.379 e. The van der Waals surface area contributed by atoms with Crippen molar-refractivity contribution in [2.75, 3.05) is 26.3 Å². The molecular formula is C12H20N2O2. The highest BCUT2D eigenvalue weighted by molar-refractivity contribution is 5.84. The van der Waals surface area contributed by atoms with E-state index in [1.165, 1.54) is 5.57 Å². The van der Waals surface area contributed by atoms with E-state index in [-0.39, 0.29) is 11.9 Å². The number of ether oxygens (including phenoxy) is 1. The highest BCUT2D eigenvalue weighted by Gasteiger charge is 2.46. The summed E-state index contributed by atoms with van der Waals surface area (Å²) < 4.78 is 5.32. The molecule has 2 N–H and O–H groups in total. The van der Waals surface area contributed by atoms with Gasteiger partial charge in [-0.3, -0.25) is 4.79 Å². The molecule has 2 unspecified atom stereocenters. The first kappa shape index (κ1) is 11.6. The SMILES string of the molecule is CC1=CCN(C(=O)C2(C)COCC2N)CC1. The van der Waals surface area contributed by atoms with Crippen molar-refractivity contribution < 1.29 is 9.53 Å². The second-order valence-electron chi connectivity index (χ2n) is 5.09. The Balaban J connectivity index is 2.08. The molecule has 1 saturated heterocycles. The fourth-order valence-corrected chi connectivity index (χ4v) is 2.23. The standard InChI is InChI=1S/C12H20N2O2/c1-9-3-5-14(6-4-9)11(15)12(2)8-16-7-10(12)13/h3,10H,4-8,13H2,1-2H3. The minimum absolute atomic E-state index is 0.140. The van der Waals surface area contributed by atoms with Gasteiger partial charge in [-0.1, -0.05) is 11.6 Å². The van der Waals surface area contributed by atoms with E-state index >= 15 is 0 Å². The highest BCUT2D eigenvalue weighted by atomic mass is 16.5. The minimum Gasteiger partial charge on any atom is -0.379 e. The molecule has 0 aliphatic carbocycles. The molecule has 90 valence electrons. The first-order valence-corrected chi connectivity index (χ1v) is 5.82. The zero-order chi connectivity index (χ0) is 11.8. The van der Waals surface area contributed by atoms with Crippen LogP contribution < -0.4 is 5.73 Å². The molecule has 2 atom stereocenters. The normalized spacial score (nSPS) is 35.1. The lowest BCUT2D eigenvalue weighted by molar-refractivity contribution is -0.141. The van der Waals surface area contributed by atoms with Gasteiger partial charge in [0.05, 0.1) is 18.6 Å². The van der Waals surface area contributed by atoms with E-state index < -0.39 is 5.41 Å². The van der Waals surface area contributed by atoms with Gasteiger partial charge < -0.3 is 15.4 Å². The molecule has 0 spiro atoms. The molecule has 2 rings (SSSR count). The van der Waals surface area contributed by atoms with Crippen LogP contribution in [0.4, 0.5) is 0 Å². The number of hydrogen-bond donors (Lipinski definition) is 1. The summed E-state index contributed by atoms with van der Waals surface area (Å²) in [6.07, 6.45) is 3.09. The van der Waals surface area contributed by atoms with Crippen LogP contribution in [0, 0.1) is 5.41 Å². The van der Waals surface area contributed by atoms with Crippen LogP contribution in [0.2, 0.25) is 0 Å². The Bertz CT molecular complexity index is 327. The zero-order valence-electron chi connectivity index (χ0n) is 10.0. The van der Waals surface area contributed by atoms with Gasteiger partial charge >= 0.3 is 0 Å². The Hall–Kier alpha value is -0.870. The number of amides is 1. The number of nitrogens with zero attached hydrogens (tertiary/aromatic N) is 1. The molecule has 0 radical (unpaired) electrons. The maximum absolute atomic E-state index is 12.4. The molecule has 0 saturated carbocycles. The highest BCUT2D eigenvalue weighted by Crippen LogP contribution is 2.30. The second kappa shape index (κ2) is 4.18. The summed E-state index contributed by atoms with van der Waals surface area (Å²) in [7, 11) is 0. The number of carbonyl (C=O) groups excluding carboxylic acids is 1. The van der Waals surface area contributed by atoms with Crippen molar-refractivity contribution in [2.24, 2.45) is 11.1 Å². The lowest BCUT2D eigenvalue weighted by atomic mass is 9.84. The summed E-state index contributed by atoms with van der Waals surface area (Å²) in [5, 5.41) is 0. The molecule has 1 amide bonds. The van der Waals surface area contributed by atoms with Crippen LogP contribution in [0.3, 0.4) is 0 Å². The van der Waals surface area contributed by atoms with Crippen LogP contribution in [0.5, 0.6) is 0 Å². The third-order valence-corrected chi connectivity index (χ3v) is 3.73. The Morgan fingerprint density at radius 1 is 1.69 bits per heavy atom. The Morgan fingerprint density at radius 3 is 2.94 bits per heavy atom. The molecule has 4 heteroatoms. The summed E-state index contributed by atoms with van der Waals surface area (Å²) in [6, 6.07) is -0.174. The van der Waals surface area contributed by atoms with E-state index in [0.717, 1.165) is 13.0 Å². The molecule has 2 aliphatic heterocycles. The van der Waals surface area contributed by atoms with Crippen molar-refractivity contribution >= 4 is 5.91 Å². The van der Waals surface area contributed by atoms with Crippen LogP contribution in [-0.4, -0.2) is 43.2 Å². The molecule has 2 heterocycles. The van der Waals surface area contributed by atoms with Gasteiger partial charge in [-0.25, -0.2) is 0 Å². The lowest BCUT2D eigenvalue weighted by Crippen LogP contribution is -2.52. The first-order valence-electron chi connectivity index (χ1n) is 5.82. The molecular weight excluding hydrogens is 204 g/mol. The maximum atomic E-state index is 12.4. The Kier molecular flexibility index (Phi) is 3.04. The number of nitrogens with two attached hydrogens (primary N) is 1. The van der Waals surface area contributed by atoms with Crippen molar-refractivity contribution in [3.63, 3.8) is 0 Å². The van der Waals surface area contributed by atoms with Crippen molar-refractivity contribution in [2.45, 2.75) is 26.3 Å². The third kappa shape index (κ3) is 1.87. The lowest BCUT2D eigenvalue weighted by Gasteiger charge is -2.34. The van der Waals surface area contributed by atoms with E-state index in [9.17, 15) is 4.79 Å². The van der Waals surface area contributed by atoms with E-state index in [0.29, 0.717) is 19.8 Å². The predicted molar refractivity (Wildman–Crippen MR) is 61.9 cm³/mol. The van der Waals surface area contributed by atoms with Crippen LogP contribution >= 0.6 is 0 Å². The van der Waals surface area contributed by atoms with Gasteiger partial charge in [0.15, 0.2) is 0 Å². The minimum atomic E-state index is -0.529. The summed E-state index contributed by atoms with van der Waals surface area (Å²) in [6.45, 7) is 6.49. The summed E-state index contributed by atoms with van der Waals surface area (Å²) >= 11 is 0. The van der Waals surface area contributed by atoms with Gasteiger partial charge in [-0.2, -0.15) is 0 Å². The van der Waals surface area contributed by atoms with Gasteiger partial charge in [0.2, 0.25) is 5.91 Å². The molecule has 0 aromatic heterocycles. The zero-order valence-corrected chi connectivity index (χ0v) is 10.0. The third-order valence-electron chi connectivity index (χ3n) is 3.73. The van der Waals surface area contributed by atoms with Gasteiger partial charge in [-0.15, -0.1) is 0 Å². The molecule has 0 aromatic carbocycles. The van der Waals surface area contributed by atoms with E-state index in [1.54, 1.807) is 0 Å². The first-order chi connectivity index (χ1) is 7.54. The second-order valence-corrected chi connectivity index (χ2v) is 5.09. The fraction of sp³-hybridized carbons (Fsp3) is 0.750. The van der Waals surface area contributed by atoms with Gasteiger partial charge in [-0.05, 0) is 20.3 Å². The predicted octanol–water partition coefficient (Wildman–Crippen LogP) is 0.529. The van der Waals surface area contributed by atoms with Crippen molar-refractivity contribution in [3.05, 3.63) is 11.6 Å². The Morgan fingerprint density at radius 2 is 2.44 bits per heavy atom. The van der Waals surface area contributed by atoms with Crippen LogP contribution in [0.1, 0.15) is 20.3 Å². The topological polar surface area (TPSA) is 55.6 Å². The average Bonchev–Trinajstić information content (AvgIpc) is 2.61.